The van der Waals surface area contributed by atoms with Crippen LogP contribution in [0.1, 0.15) is 19.4 Å². The summed E-state index contributed by atoms with van der Waals surface area (Å²) < 4.78 is 73.7. The average molecular weight is 809 g/mol. The van der Waals surface area contributed by atoms with E-state index in [4.69, 9.17) is 27.7 Å². The Morgan fingerprint density at radius 2 is 0.951 bits per heavy atom. The number of fused-ring (bicyclic) bond motifs is 18. The summed E-state index contributed by atoms with van der Waals surface area (Å²) in [7, 11) is -3.11. The van der Waals surface area contributed by atoms with Gasteiger partial charge in [0.05, 0.1) is 55.5 Å². The molecule has 0 bridgehead atoms. The second-order valence-corrected chi connectivity index (χ2v) is 19.4. The molecular formula is C52H34N6O2Si. The predicted molar refractivity (Wildman–Crippen MR) is 246 cm³/mol. The summed E-state index contributed by atoms with van der Waals surface area (Å²) in [5.41, 5.74) is 6.63. The normalized spacial score (nSPS) is 15.7. The molecule has 8 aromatic carbocycles. The van der Waals surface area contributed by atoms with Crippen LogP contribution in [0.2, 0.25) is 0 Å². The summed E-state index contributed by atoms with van der Waals surface area (Å²) in [5.74, 6) is 4.05. The minimum atomic E-state index is -3.11. The zero-order valence-electron chi connectivity index (χ0n) is 38.2. The van der Waals surface area contributed by atoms with Crippen LogP contribution in [-0.4, -0.2) is 36.0 Å². The molecule has 0 saturated carbocycles. The summed E-state index contributed by atoms with van der Waals surface area (Å²) in [4.78, 5) is 10.3. The third-order valence-corrected chi connectivity index (χ3v) is 17.6. The van der Waals surface area contributed by atoms with Crippen molar-refractivity contribution in [3.8, 4) is 34.4 Å². The molecule has 8 nitrogen and oxygen atoms in total. The van der Waals surface area contributed by atoms with Crippen molar-refractivity contribution in [1.29, 1.82) is 0 Å². The number of aromatic nitrogens is 6. The number of rotatable bonds is 2. The molecule has 0 atom stereocenters. The summed E-state index contributed by atoms with van der Waals surface area (Å²) in [6.07, 6.45) is 0. The maximum absolute atomic E-state index is 8.98. The second-order valence-electron chi connectivity index (χ2n) is 15.8. The third kappa shape index (κ3) is 4.08. The fourth-order valence-electron chi connectivity index (χ4n) is 10.3. The lowest BCUT2D eigenvalue weighted by Crippen LogP contribution is -2.77. The van der Waals surface area contributed by atoms with E-state index in [9.17, 15) is 0 Å². The van der Waals surface area contributed by atoms with Crippen LogP contribution in [0.15, 0.2) is 170 Å². The molecule has 2 aliphatic heterocycles. The van der Waals surface area contributed by atoms with Gasteiger partial charge in [-0.2, -0.15) is 0 Å². The Hall–Kier alpha value is -7.88. The molecule has 4 aromatic heterocycles. The molecule has 288 valence electrons. The molecule has 9 heteroatoms. The van der Waals surface area contributed by atoms with Crippen molar-refractivity contribution in [2.75, 3.05) is 0 Å². The lowest BCUT2D eigenvalue weighted by Gasteiger charge is -2.43. The maximum Gasteiger partial charge on any atom is 0.220 e. The number of para-hydroxylation sites is 9. The van der Waals surface area contributed by atoms with Crippen LogP contribution < -0.4 is 30.2 Å². The molecule has 6 heterocycles. The van der Waals surface area contributed by atoms with Gasteiger partial charge in [-0.15, -0.1) is 0 Å². The average Bonchev–Trinajstić information content (AvgIpc) is 4.07. The van der Waals surface area contributed by atoms with Crippen LogP contribution >= 0.6 is 0 Å². The van der Waals surface area contributed by atoms with Crippen molar-refractivity contribution >= 4 is 84.5 Å². The van der Waals surface area contributed by atoms with E-state index in [0.29, 0.717) is 45.1 Å². The standard InChI is InChI=1S/C52H34N6O2Si/c1-31-15-13-20-38-48(31)53-51-55(34-16-3-4-17-35(34)56(38)51)33-29-32(2)49-40(30-33)58-37-19-6-5-18-36(37)57(52(58)54-49)39-21-14-28-47-50(39)60-43-24-9-12-27-46(43)61(47)44-25-10-7-22-41(44)59-42-23-8-11-26-45(42)61/h3-30H,1-2H3/i1D3,2D3. The van der Waals surface area contributed by atoms with E-state index in [1.807, 2.05) is 116 Å². The third-order valence-electron chi connectivity index (χ3n) is 12.7. The molecule has 14 rings (SSSR count). The Morgan fingerprint density at radius 1 is 0.443 bits per heavy atom. The Balaban J connectivity index is 1.08. The Morgan fingerprint density at radius 3 is 1.62 bits per heavy atom. The SMILES string of the molecule is [2H]C([2H])([2H])c1cccc2c1nc1n(-c3cc(C([2H])([2H])[2H])c4nc5n(-c6cccc7c6Oc6ccccc6[Si]76c7ccccc7Oc7ccccc76)c6ccccc6n5c4c3)c3ccccc3n21. The number of imidazole rings is 4. The zero-order valence-corrected chi connectivity index (χ0v) is 33.2. The van der Waals surface area contributed by atoms with E-state index in [-0.39, 0.29) is 11.1 Å². The number of benzene rings is 8. The van der Waals surface area contributed by atoms with Crippen molar-refractivity contribution in [2.45, 2.75) is 13.7 Å². The van der Waals surface area contributed by atoms with Crippen molar-refractivity contribution in [3.05, 3.63) is 181 Å². The van der Waals surface area contributed by atoms with Gasteiger partial charge in [0.2, 0.25) is 11.6 Å². The molecule has 0 amide bonds. The number of hydrogen-bond donors (Lipinski definition) is 0. The van der Waals surface area contributed by atoms with Gasteiger partial charge in [0.15, 0.2) is 13.8 Å². The van der Waals surface area contributed by atoms with Crippen molar-refractivity contribution in [2.24, 2.45) is 0 Å². The Bertz CT molecular complexity index is 4060. The minimum absolute atomic E-state index is 0.0663. The van der Waals surface area contributed by atoms with Gasteiger partial charge in [0, 0.05) is 8.22 Å². The van der Waals surface area contributed by atoms with E-state index in [2.05, 4.69) is 53.1 Å². The fraction of sp³-hybridized carbons (Fsp3) is 0.0385. The van der Waals surface area contributed by atoms with Crippen molar-refractivity contribution < 1.29 is 17.7 Å². The molecule has 0 N–H and O–H groups in total. The largest absolute Gasteiger partial charge is 0.458 e. The van der Waals surface area contributed by atoms with Gasteiger partial charge in [0.1, 0.15) is 17.2 Å². The van der Waals surface area contributed by atoms with Crippen molar-refractivity contribution in [3.63, 3.8) is 0 Å². The molecule has 0 unspecified atom stereocenters. The zero-order chi connectivity index (χ0) is 45.1. The van der Waals surface area contributed by atoms with Crippen LogP contribution in [0.5, 0.6) is 23.0 Å². The number of hydrogen-bond acceptors (Lipinski definition) is 4. The topological polar surface area (TPSA) is 62.9 Å². The van der Waals surface area contributed by atoms with Gasteiger partial charge in [-0.3, -0.25) is 17.9 Å². The van der Waals surface area contributed by atoms with Crippen LogP contribution in [-0.2, 0) is 0 Å². The van der Waals surface area contributed by atoms with E-state index in [1.54, 1.807) is 18.2 Å². The molecule has 2 aliphatic rings. The van der Waals surface area contributed by atoms with E-state index >= 15 is 0 Å². The Kier molecular flexibility index (Phi) is 5.30. The van der Waals surface area contributed by atoms with Gasteiger partial charge < -0.3 is 9.47 Å². The highest BCUT2D eigenvalue weighted by Crippen LogP contribution is 2.41. The van der Waals surface area contributed by atoms with Crippen LogP contribution in [0.25, 0.3) is 67.1 Å². The number of aryl methyl sites for hydroxylation is 2. The summed E-state index contributed by atoms with van der Waals surface area (Å²) in [5, 5.41) is 4.43. The molecular weight excluding hydrogens is 769 g/mol. The van der Waals surface area contributed by atoms with Crippen LogP contribution in [0.3, 0.4) is 0 Å². The van der Waals surface area contributed by atoms with Gasteiger partial charge >= 0.3 is 0 Å². The van der Waals surface area contributed by atoms with Crippen LogP contribution in [0.4, 0.5) is 0 Å². The quantitative estimate of drug-likeness (QED) is 0.164. The summed E-state index contributed by atoms with van der Waals surface area (Å²) in [6, 6.07) is 55.9. The highest BCUT2D eigenvalue weighted by molar-refractivity contribution is 7.21. The number of ether oxygens (including phenoxy) is 2. The fourth-order valence-corrected chi connectivity index (χ4v) is 15.5. The van der Waals surface area contributed by atoms with E-state index in [1.165, 1.54) is 0 Å². The van der Waals surface area contributed by atoms with Gasteiger partial charge in [-0.05, 0) is 112 Å². The van der Waals surface area contributed by atoms with E-state index < -0.39 is 21.8 Å². The lowest BCUT2D eigenvalue weighted by molar-refractivity contribution is 0.480. The number of nitrogens with zero attached hydrogens (tertiary/aromatic N) is 6. The first-order chi connectivity index (χ1) is 32.5. The molecule has 0 aliphatic carbocycles. The highest BCUT2D eigenvalue weighted by atomic mass is 28.3. The molecule has 0 radical (unpaired) electrons. The van der Waals surface area contributed by atoms with Gasteiger partial charge in [-0.25, -0.2) is 9.97 Å². The molecule has 61 heavy (non-hydrogen) atoms. The first-order valence-corrected chi connectivity index (χ1v) is 22.2. The first kappa shape index (κ1) is 27.7. The minimum Gasteiger partial charge on any atom is -0.458 e. The first-order valence-electron chi connectivity index (χ1n) is 23.2. The second kappa shape index (κ2) is 11.6. The summed E-state index contributed by atoms with van der Waals surface area (Å²) >= 11 is 0. The lowest BCUT2D eigenvalue weighted by atomic mass is 10.1. The Labute approximate surface area is 358 Å². The van der Waals surface area contributed by atoms with Gasteiger partial charge in [0.25, 0.3) is 0 Å². The van der Waals surface area contributed by atoms with E-state index in [0.717, 1.165) is 65.7 Å². The molecule has 0 fully saturated rings. The predicted octanol–water partition coefficient (Wildman–Crippen LogP) is 9.38. The van der Waals surface area contributed by atoms with Crippen molar-refractivity contribution in [1.82, 2.24) is 27.9 Å². The molecule has 1 spiro atoms. The van der Waals surface area contributed by atoms with Gasteiger partial charge in [-0.1, -0.05) is 103 Å². The van der Waals surface area contributed by atoms with Crippen LogP contribution in [0, 0.1) is 13.7 Å². The maximum atomic E-state index is 8.98. The summed E-state index contributed by atoms with van der Waals surface area (Å²) in [6.45, 7) is -4.98. The molecule has 12 aromatic rings. The molecule has 0 saturated heterocycles. The highest BCUT2D eigenvalue weighted by Gasteiger charge is 2.53. The smallest absolute Gasteiger partial charge is 0.220 e. The monoisotopic (exact) mass is 808 g/mol.